The number of ether oxygens (including phenoxy) is 2. The van der Waals surface area contributed by atoms with Gasteiger partial charge in [-0.3, -0.25) is 9.80 Å². The molecule has 128 valence electrons. The SMILES string of the molecule is COc1cccc(CN2CC3CCCN3C[C@@H]2CCO)c1OC. The summed E-state index contributed by atoms with van der Waals surface area (Å²) in [5.74, 6) is 1.61. The number of fused-ring (bicyclic) bond motifs is 1. The first-order valence-corrected chi connectivity index (χ1v) is 8.55. The van der Waals surface area contributed by atoms with E-state index in [1.807, 2.05) is 12.1 Å². The maximum Gasteiger partial charge on any atom is 0.165 e. The lowest BCUT2D eigenvalue weighted by Crippen LogP contribution is -2.55. The normalized spacial score (nSPS) is 25.3. The highest BCUT2D eigenvalue weighted by atomic mass is 16.5. The maximum atomic E-state index is 9.44. The van der Waals surface area contributed by atoms with Gasteiger partial charge in [0.15, 0.2) is 11.5 Å². The van der Waals surface area contributed by atoms with Gasteiger partial charge in [-0.1, -0.05) is 12.1 Å². The van der Waals surface area contributed by atoms with Gasteiger partial charge in [-0.05, 0) is 31.9 Å². The molecule has 0 bridgehead atoms. The van der Waals surface area contributed by atoms with Crippen molar-refractivity contribution >= 4 is 0 Å². The topological polar surface area (TPSA) is 45.2 Å². The summed E-state index contributed by atoms with van der Waals surface area (Å²) in [6.45, 7) is 4.44. The Kier molecular flexibility index (Phi) is 5.41. The summed E-state index contributed by atoms with van der Waals surface area (Å²) < 4.78 is 11.0. The van der Waals surface area contributed by atoms with E-state index in [2.05, 4.69) is 15.9 Å². The predicted octanol–water partition coefficient (Wildman–Crippen LogP) is 1.73. The quantitative estimate of drug-likeness (QED) is 0.865. The number of aliphatic hydroxyl groups is 1. The average molecular weight is 320 g/mol. The number of para-hydroxylation sites is 1. The fourth-order valence-electron chi connectivity index (χ4n) is 4.06. The first-order chi connectivity index (χ1) is 11.3. The summed E-state index contributed by atoms with van der Waals surface area (Å²) in [4.78, 5) is 5.11. The first-order valence-electron chi connectivity index (χ1n) is 8.55. The third-order valence-electron chi connectivity index (χ3n) is 5.23. The highest BCUT2D eigenvalue weighted by Gasteiger charge is 2.36. The van der Waals surface area contributed by atoms with Crippen molar-refractivity contribution in [3.05, 3.63) is 23.8 Å². The van der Waals surface area contributed by atoms with Gasteiger partial charge < -0.3 is 14.6 Å². The number of methoxy groups -OCH3 is 2. The van der Waals surface area contributed by atoms with Crippen LogP contribution in [0.4, 0.5) is 0 Å². The smallest absolute Gasteiger partial charge is 0.165 e. The number of aliphatic hydroxyl groups excluding tert-OH is 1. The second-order valence-corrected chi connectivity index (χ2v) is 6.54. The molecule has 23 heavy (non-hydrogen) atoms. The summed E-state index contributed by atoms with van der Waals surface area (Å²) in [6.07, 6.45) is 3.42. The molecular weight excluding hydrogens is 292 g/mol. The maximum absolute atomic E-state index is 9.44. The van der Waals surface area contributed by atoms with Crippen LogP contribution in [0.2, 0.25) is 0 Å². The van der Waals surface area contributed by atoms with E-state index in [-0.39, 0.29) is 6.61 Å². The van der Waals surface area contributed by atoms with Crippen LogP contribution in [0.3, 0.4) is 0 Å². The summed E-state index contributed by atoms with van der Waals surface area (Å²) in [5, 5.41) is 9.44. The lowest BCUT2D eigenvalue weighted by molar-refractivity contribution is 0.0329. The van der Waals surface area contributed by atoms with Crippen LogP contribution in [0.5, 0.6) is 11.5 Å². The summed E-state index contributed by atoms with van der Waals surface area (Å²) in [7, 11) is 3.37. The molecule has 3 rings (SSSR count). The largest absolute Gasteiger partial charge is 0.493 e. The van der Waals surface area contributed by atoms with Gasteiger partial charge in [0.25, 0.3) is 0 Å². The molecule has 2 fully saturated rings. The van der Waals surface area contributed by atoms with E-state index in [0.717, 1.165) is 43.1 Å². The van der Waals surface area contributed by atoms with Gasteiger partial charge in [-0.25, -0.2) is 0 Å². The zero-order valence-corrected chi connectivity index (χ0v) is 14.2. The Morgan fingerprint density at radius 1 is 1.22 bits per heavy atom. The third kappa shape index (κ3) is 3.47. The first kappa shape index (κ1) is 16.6. The zero-order chi connectivity index (χ0) is 16.2. The van der Waals surface area contributed by atoms with Gasteiger partial charge in [-0.2, -0.15) is 0 Å². The Hall–Kier alpha value is -1.30. The molecule has 1 unspecified atom stereocenters. The van der Waals surface area contributed by atoms with Crippen molar-refractivity contribution in [2.24, 2.45) is 0 Å². The van der Waals surface area contributed by atoms with Crippen LogP contribution in [-0.2, 0) is 6.54 Å². The second kappa shape index (κ2) is 7.51. The summed E-state index contributed by atoms with van der Waals surface area (Å²) >= 11 is 0. The fourth-order valence-corrected chi connectivity index (χ4v) is 4.06. The minimum atomic E-state index is 0.245. The van der Waals surface area contributed by atoms with Gasteiger partial charge in [0.1, 0.15) is 0 Å². The standard InChI is InChI=1S/C18H28N2O3/c1-22-17-7-3-5-14(18(17)23-2)11-20-13-15-6-4-9-19(15)12-16(20)8-10-21/h3,5,7,15-16,21H,4,6,8-13H2,1-2H3/t15?,16-/m0/s1. The van der Waals surface area contributed by atoms with Crippen LogP contribution in [0.1, 0.15) is 24.8 Å². The van der Waals surface area contributed by atoms with Crippen molar-refractivity contribution in [1.82, 2.24) is 9.80 Å². The van der Waals surface area contributed by atoms with Crippen LogP contribution in [-0.4, -0.2) is 67.5 Å². The molecular formula is C18H28N2O3. The summed E-state index contributed by atoms with van der Waals surface area (Å²) in [6, 6.07) is 7.14. The molecule has 2 aliphatic heterocycles. The average Bonchev–Trinajstić information content (AvgIpc) is 3.02. The monoisotopic (exact) mass is 320 g/mol. The molecule has 1 aromatic carbocycles. The van der Waals surface area contributed by atoms with Crippen molar-refractivity contribution in [3.8, 4) is 11.5 Å². The number of nitrogens with zero attached hydrogens (tertiary/aromatic N) is 2. The van der Waals surface area contributed by atoms with Gasteiger partial charge in [0.2, 0.25) is 0 Å². The molecule has 2 atom stereocenters. The van der Waals surface area contributed by atoms with Crippen molar-refractivity contribution in [3.63, 3.8) is 0 Å². The van der Waals surface area contributed by atoms with Crippen LogP contribution < -0.4 is 9.47 Å². The van der Waals surface area contributed by atoms with Gasteiger partial charge in [-0.15, -0.1) is 0 Å². The summed E-state index contributed by atoms with van der Waals surface area (Å²) in [5.41, 5.74) is 1.15. The Balaban J connectivity index is 1.79. The Morgan fingerprint density at radius 2 is 2.09 bits per heavy atom. The molecule has 0 aliphatic carbocycles. The molecule has 5 heteroatoms. The Morgan fingerprint density at radius 3 is 2.83 bits per heavy atom. The van der Waals surface area contributed by atoms with Crippen LogP contribution in [0.15, 0.2) is 18.2 Å². The molecule has 0 radical (unpaired) electrons. The van der Waals surface area contributed by atoms with Crippen molar-refractivity contribution < 1.29 is 14.6 Å². The number of hydrogen-bond acceptors (Lipinski definition) is 5. The van der Waals surface area contributed by atoms with E-state index in [0.29, 0.717) is 12.1 Å². The molecule has 2 saturated heterocycles. The van der Waals surface area contributed by atoms with Crippen LogP contribution in [0.25, 0.3) is 0 Å². The van der Waals surface area contributed by atoms with E-state index >= 15 is 0 Å². The van der Waals surface area contributed by atoms with E-state index < -0.39 is 0 Å². The van der Waals surface area contributed by atoms with Gasteiger partial charge in [0, 0.05) is 43.9 Å². The highest BCUT2D eigenvalue weighted by Crippen LogP contribution is 2.33. The van der Waals surface area contributed by atoms with Crippen LogP contribution in [0, 0.1) is 0 Å². The second-order valence-electron chi connectivity index (χ2n) is 6.54. The number of benzene rings is 1. The Labute approximate surface area is 138 Å². The Bertz CT molecular complexity index is 523. The van der Waals surface area contributed by atoms with E-state index in [1.165, 1.54) is 19.4 Å². The molecule has 2 heterocycles. The predicted molar refractivity (Wildman–Crippen MR) is 90.0 cm³/mol. The third-order valence-corrected chi connectivity index (χ3v) is 5.23. The molecule has 1 N–H and O–H groups in total. The highest BCUT2D eigenvalue weighted by molar-refractivity contribution is 5.46. The molecule has 0 amide bonds. The van der Waals surface area contributed by atoms with E-state index in [9.17, 15) is 5.11 Å². The molecule has 0 aromatic heterocycles. The molecule has 0 spiro atoms. The number of hydrogen-bond donors (Lipinski definition) is 1. The van der Waals surface area contributed by atoms with Crippen molar-refractivity contribution in [2.45, 2.75) is 37.9 Å². The van der Waals surface area contributed by atoms with Crippen LogP contribution >= 0.6 is 0 Å². The van der Waals surface area contributed by atoms with Gasteiger partial charge >= 0.3 is 0 Å². The van der Waals surface area contributed by atoms with Gasteiger partial charge in [0.05, 0.1) is 14.2 Å². The number of rotatable bonds is 6. The van der Waals surface area contributed by atoms with Crippen molar-refractivity contribution in [1.29, 1.82) is 0 Å². The fraction of sp³-hybridized carbons (Fsp3) is 0.667. The minimum Gasteiger partial charge on any atom is -0.493 e. The van der Waals surface area contributed by atoms with E-state index in [4.69, 9.17) is 9.47 Å². The minimum absolute atomic E-state index is 0.245. The molecule has 2 aliphatic rings. The lowest BCUT2D eigenvalue weighted by Gasteiger charge is -2.43. The molecule has 0 saturated carbocycles. The number of piperazine rings is 1. The van der Waals surface area contributed by atoms with E-state index in [1.54, 1.807) is 14.2 Å². The zero-order valence-electron chi connectivity index (χ0n) is 14.2. The van der Waals surface area contributed by atoms with Crippen molar-refractivity contribution in [2.75, 3.05) is 40.5 Å². The molecule has 1 aromatic rings. The molecule has 5 nitrogen and oxygen atoms in total. The lowest BCUT2D eigenvalue weighted by atomic mass is 10.0.